The Labute approximate surface area is 101 Å². The molecule has 3 nitrogen and oxygen atoms in total. The molecule has 0 aliphatic rings. The molecule has 0 heterocycles. The number of hydrazine groups is 1. The summed E-state index contributed by atoms with van der Waals surface area (Å²) >= 11 is 0. The number of aryl methyl sites for hydroxylation is 2. The fraction of sp³-hybridized carbons (Fsp3) is 0.143. The van der Waals surface area contributed by atoms with Crippen molar-refractivity contribution in [2.45, 2.75) is 13.8 Å². The van der Waals surface area contributed by atoms with Crippen LogP contribution < -0.4 is 10.6 Å². The van der Waals surface area contributed by atoms with E-state index in [1.54, 1.807) is 0 Å². The predicted molar refractivity (Wildman–Crippen MR) is 70.2 cm³/mol. The van der Waals surface area contributed by atoms with E-state index in [1.807, 2.05) is 62.4 Å². The first-order valence-corrected chi connectivity index (χ1v) is 5.54. The quantitative estimate of drug-likeness (QED) is 0.789. The van der Waals surface area contributed by atoms with E-state index in [0.717, 1.165) is 16.4 Å². The maximum atomic E-state index is 9.86. The third-order valence-corrected chi connectivity index (χ3v) is 2.57. The van der Waals surface area contributed by atoms with Gasteiger partial charge in [0.1, 0.15) is 0 Å². The smallest absolute Gasteiger partial charge is 0.0876 e. The summed E-state index contributed by atoms with van der Waals surface area (Å²) in [5, 5.41) is 10.9. The van der Waals surface area contributed by atoms with Crippen molar-refractivity contribution in [1.82, 2.24) is 0 Å². The Morgan fingerprint density at radius 2 is 1.29 bits per heavy atom. The minimum atomic E-state index is 0.705. The molecule has 0 unspecified atom stereocenters. The fourth-order valence-corrected chi connectivity index (χ4v) is 1.50. The zero-order chi connectivity index (χ0) is 12.3. The van der Waals surface area contributed by atoms with Gasteiger partial charge in [-0.3, -0.25) is 10.6 Å². The second-order valence-electron chi connectivity index (χ2n) is 4.13. The van der Waals surface area contributed by atoms with Crippen LogP contribution in [-0.2, 0) is 0 Å². The topological polar surface area (TPSA) is 35.5 Å². The Morgan fingerprint density at radius 3 is 1.82 bits per heavy atom. The number of benzene rings is 2. The Balaban J connectivity index is 2.08. The van der Waals surface area contributed by atoms with Crippen LogP contribution in [0.4, 0.5) is 11.4 Å². The van der Waals surface area contributed by atoms with E-state index in [0.29, 0.717) is 5.69 Å². The molecule has 0 amide bonds. The molecular formula is C14H16N2O. The van der Waals surface area contributed by atoms with Crippen LogP contribution in [0.3, 0.4) is 0 Å². The van der Waals surface area contributed by atoms with E-state index in [1.165, 1.54) is 5.56 Å². The van der Waals surface area contributed by atoms with Crippen molar-refractivity contribution in [2.75, 3.05) is 10.6 Å². The number of nitrogens with one attached hydrogen (secondary N) is 1. The molecule has 2 aromatic rings. The van der Waals surface area contributed by atoms with Gasteiger partial charge in [-0.15, -0.1) is 0 Å². The molecule has 2 rings (SSSR count). The van der Waals surface area contributed by atoms with Crippen molar-refractivity contribution < 1.29 is 5.21 Å². The van der Waals surface area contributed by atoms with Crippen LogP contribution in [-0.4, -0.2) is 5.21 Å². The van der Waals surface area contributed by atoms with Crippen molar-refractivity contribution in [3.8, 4) is 0 Å². The molecule has 0 aromatic heterocycles. The zero-order valence-corrected chi connectivity index (χ0v) is 10.0. The van der Waals surface area contributed by atoms with Gasteiger partial charge in [0, 0.05) is 0 Å². The van der Waals surface area contributed by atoms with E-state index < -0.39 is 0 Å². The van der Waals surface area contributed by atoms with Gasteiger partial charge in [0.25, 0.3) is 0 Å². The van der Waals surface area contributed by atoms with Crippen molar-refractivity contribution in [3.63, 3.8) is 0 Å². The third-order valence-electron chi connectivity index (χ3n) is 2.57. The number of hydrogen-bond acceptors (Lipinski definition) is 3. The standard InChI is InChI=1S/C14H16N2O/c1-11-3-7-13(8-4-11)15-16(17)14-9-5-12(2)6-10-14/h3-10,15,17H,1-2H3. The van der Waals surface area contributed by atoms with E-state index in [4.69, 9.17) is 0 Å². The lowest BCUT2D eigenvalue weighted by Crippen LogP contribution is -2.25. The SMILES string of the molecule is Cc1ccc(NN(O)c2ccc(C)cc2)cc1. The maximum Gasteiger partial charge on any atom is 0.0876 e. The Hall–Kier alpha value is -2.00. The molecule has 0 aliphatic carbocycles. The lowest BCUT2D eigenvalue weighted by atomic mass is 10.2. The first kappa shape index (κ1) is 11.5. The molecule has 2 N–H and O–H groups in total. The molecule has 0 aliphatic heterocycles. The summed E-state index contributed by atoms with van der Waals surface area (Å²) in [5.74, 6) is 0. The van der Waals surface area contributed by atoms with Crippen molar-refractivity contribution in [1.29, 1.82) is 0 Å². The van der Waals surface area contributed by atoms with Crippen LogP contribution in [0.25, 0.3) is 0 Å². The van der Waals surface area contributed by atoms with Gasteiger partial charge in [0.05, 0.1) is 11.4 Å². The summed E-state index contributed by atoms with van der Waals surface area (Å²) in [5.41, 5.74) is 6.80. The van der Waals surface area contributed by atoms with Crippen molar-refractivity contribution in [3.05, 3.63) is 59.7 Å². The van der Waals surface area contributed by atoms with Gasteiger partial charge in [-0.1, -0.05) is 35.4 Å². The molecule has 0 saturated heterocycles. The first-order chi connectivity index (χ1) is 8.15. The Bertz CT molecular complexity index is 477. The van der Waals surface area contributed by atoms with Gasteiger partial charge in [-0.2, -0.15) is 5.17 Å². The normalized spacial score (nSPS) is 10.1. The molecule has 0 fully saturated rings. The van der Waals surface area contributed by atoms with Crippen LogP contribution >= 0.6 is 0 Å². The summed E-state index contributed by atoms with van der Waals surface area (Å²) in [6.45, 7) is 4.04. The van der Waals surface area contributed by atoms with Gasteiger partial charge < -0.3 is 0 Å². The van der Waals surface area contributed by atoms with E-state index in [2.05, 4.69) is 5.43 Å². The lowest BCUT2D eigenvalue weighted by Gasteiger charge is -2.19. The van der Waals surface area contributed by atoms with Crippen LogP contribution in [0.5, 0.6) is 0 Å². The summed E-state index contributed by atoms with van der Waals surface area (Å²) in [4.78, 5) is 0. The highest BCUT2D eigenvalue weighted by Gasteiger charge is 2.02. The average molecular weight is 228 g/mol. The molecule has 88 valence electrons. The highest BCUT2D eigenvalue weighted by Crippen LogP contribution is 2.15. The van der Waals surface area contributed by atoms with Crippen molar-refractivity contribution >= 4 is 11.4 Å². The van der Waals surface area contributed by atoms with E-state index >= 15 is 0 Å². The van der Waals surface area contributed by atoms with Gasteiger partial charge in [-0.25, -0.2) is 0 Å². The van der Waals surface area contributed by atoms with E-state index in [9.17, 15) is 5.21 Å². The summed E-state index contributed by atoms with van der Waals surface area (Å²) in [6, 6.07) is 15.5. The fourth-order valence-electron chi connectivity index (χ4n) is 1.50. The van der Waals surface area contributed by atoms with Crippen LogP contribution in [0.1, 0.15) is 11.1 Å². The Kier molecular flexibility index (Phi) is 3.30. The molecule has 0 saturated carbocycles. The van der Waals surface area contributed by atoms with Gasteiger partial charge in [-0.05, 0) is 38.1 Å². The molecule has 0 radical (unpaired) electrons. The molecule has 2 aromatic carbocycles. The first-order valence-electron chi connectivity index (χ1n) is 5.54. The van der Waals surface area contributed by atoms with E-state index in [-0.39, 0.29) is 0 Å². The average Bonchev–Trinajstić information content (AvgIpc) is 2.33. The zero-order valence-electron chi connectivity index (χ0n) is 10.0. The number of nitrogens with zero attached hydrogens (tertiary/aromatic N) is 1. The van der Waals surface area contributed by atoms with Gasteiger partial charge in [0.15, 0.2) is 0 Å². The lowest BCUT2D eigenvalue weighted by molar-refractivity contribution is 0.277. The van der Waals surface area contributed by atoms with Crippen molar-refractivity contribution in [2.24, 2.45) is 0 Å². The number of anilines is 2. The summed E-state index contributed by atoms with van der Waals surface area (Å²) in [7, 11) is 0. The summed E-state index contributed by atoms with van der Waals surface area (Å²) in [6.07, 6.45) is 0. The third kappa shape index (κ3) is 2.98. The highest BCUT2D eigenvalue weighted by molar-refractivity contribution is 5.53. The second-order valence-corrected chi connectivity index (χ2v) is 4.13. The molecule has 0 atom stereocenters. The van der Waals surface area contributed by atoms with Gasteiger partial charge >= 0.3 is 0 Å². The molecule has 0 bridgehead atoms. The Morgan fingerprint density at radius 1 is 0.824 bits per heavy atom. The summed E-state index contributed by atoms with van der Waals surface area (Å²) < 4.78 is 0. The highest BCUT2D eigenvalue weighted by atomic mass is 16.5. The largest absolute Gasteiger partial charge is 0.275 e. The van der Waals surface area contributed by atoms with Crippen LogP contribution in [0.15, 0.2) is 48.5 Å². The minimum absolute atomic E-state index is 0.705. The monoisotopic (exact) mass is 228 g/mol. The molecule has 3 heteroatoms. The predicted octanol–water partition coefficient (Wildman–Crippen LogP) is 3.53. The number of hydrogen-bond donors (Lipinski definition) is 2. The molecule has 17 heavy (non-hydrogen) atoms. The minimum Gasteiger partial charge on any atom is -0.275 e. The van der Waals surface area contributed by atoms with Crippen LogP contribution in [0, 0.1) is 13.8 Å². The molecule has 0 spiro atoms. The second kappa shape index (κ2) is 4.89. The number of rotatable bonds is 3. The van der Waals surface area contributed by atoms with Crippen LogP contribution in [0.2, 0.25) is 0 Å². The van der Waals surface area contributed by atoms with Gasteiger partial charge in [0.2, 0.25) is 0 Å². The molecular weight excluding hydrogens is 212 g/mol. The maximum absolute atomic E-state index is 9.86.